The smallest absolute Gasteiger partial charge is 0.417 e. The molecule has 0 spiro atoms. The van der Waals surface area contributed by atoms with Gasteiger partial charge in [-0.25, -0.2) is 9.69 Å². The van der Waals surface area contributed by atoms with E-state index in [1.54, 1.807) is 6.92 Å². The minimum absolute atomic E-state index is 0.225. The lowest BCUT2D eigenvalue weighted by atomic mass is 9.76. The number of carbonyl (C=O) groups excluding carboxylic acids is 2. The number of alkyl halides is 1. The van der Waals surface area contributed by atoms with Gasteiger partial charge in [-0.3, -0.25) is 4.79 Å². The summed E-state index contributed by atoms with van der Waals surface area (Å²) in [6.07, 6.45) is 8.09. The number of cyclic esters (lactones) is 1. The maximum absolute atomic E-state index is 12.0. The van der Waals surface area contributed by atoms with E-state index in [2.05, 4.69) is 0 Å². The Bertz CT molecular complexity index is 430. The Morgan fingerprint density at radius 2 is 2.33 bits per heavy atom. The number of ether oxygens (including phenoxy) is 1. The summed E-state index contributed by atoms with van der Waals surface area (Å²) in [7, 11) is 0. The number of hydrogen-bond acceptors (Lipinski definition) is 3. The topological polar surface area (TPSA) is 46.6 Å². The van der Waals surface area contributed by atoms with Crippen molar-refractivity contribution in [2.45, 2.75) is 31.7 Å². The highest BCUT2D eigenvalue weighted by Gasteiger charge is 2.47. The molecule has 5 heteroatoms. The Labute approximate surface area is 111 Å². The summed E-state index contributed by atoms with van der Waals surface area (Å²) in [5.41, 5.74) is -0.289. The number of allylic oxidation sites excluding steroid dienone is 3. The van der Waals surface area contributed by atoms with E-state index in [4.69, 9.17) is 16.3 Å². The van der Waals surface area contributed by atoms with Crippen LogP contribution in [-0.4, -0.2) is 34.9 Å². The van der Waals surface area contributed by atoms with Crippen LogP contribution in [0.15, 0.2) is 24.3 Å². The van der Waals surface area contributed by atoms with Gasteiger partial charge in [0, 0.05) is 5.41 Å². The van der Waals surface area contributed by atoms with E-state index in [-0.39, 0.29) is 18.1 Å². The summed E-state index contributed by atoms with van der Waals surface area (Å²) in [5.74, 6) is -0.395. The van der Waals surface area contributed by atoms with Crippen molar-refractivity contribution in [1.82, 2.24) is 4.90 Å². The first-order chi connectivity index (χ1) is 8.46. The lowest BCUT2D eigenvalue weighted by Gasteiger charge is -2.36. The molecule has 0 radical (unpaired) electrons. The molecule has 0 bridgehead atoms. The Morgan fingerprint density at radius 3 is 2.89 bits per heavy atom. The molecule has 1 heterocycles. The first-order valence-corrected chi connectivity index (χ1v) is 6.37. The second-order valence-corrected chi connectivity index (χ2v) is 5.57. The zero-order valence-corrected chi connectivity index (χ0v) is 11.2. The quantitative estimate of drug-likeness (QED) is 0.724. The minimum Gasteiger partial charge on any atom is -0.447 e. The van der Waals surface area contributed by atoms with Crippen LogP contribution in [0.25, 0.3) is 0 Å². The van der Waals surface area contributed by atoms with Gasteiger partial charge in [0.05, 0.1) is 6.04 Å². The molecule has 1 saturated heterocycles. The third-order valence-corrected chi connectivity index (χ3v) is 3.68. The lowest BCUT2D eigenvalue weighted by molar-refractivity contribution is -0.129. The van der Waals surface area contributed by atoms with Crippen molar-refractivity contribution >= 4 is 23.6 Å². The summed E-state index contributed by atoms with van der Waals surface area (Å²) in [6, 6.07) is -0.292. The van der Waals surface area contributed by atoms with E-state index in [9.17, 15) is 9.59 Å². The number of halogens is 1. The molecule has 3 unspecified atom stereocenters. The molecular weight excluding hydrogens is 254 g/mol. The van der Waals surface area contributed by atoms with Crippen molar-refractivity contribution in [3.05, 3.63) is 24.3 Å². The third kappa shape index (κ3) is 2.17. The molecule has 2 amide bonds. The van der Waals surface area contributed by atoms with Gasteiger partial charge in [-0.05, 0) is 13.3 Å². The highest BCUT2D eigenvalue weighted by molar-refractivity contribution is 6.31. The summed E-state index contributed by atoms with van der Waals surface area (Å²) in [4.78, 5) is 24.9. The molecule has 0 saturated carbocycles. The van der Waals surface area contributed by atoms with Crippen molar-refractivity contribution in [1.29, 1.82) is 0 Å². The minimum atomic E-state index is -0.732. The summed E-state index contributed by atoms with van der Waals surface area (Å²) >= 11 is 5.79. The van der Waals surface area contributed by atoms with E-state index in [1.165, 1.54) is 4.90 Å². The molecule has 4 nitrogen and oxygen atoms in total. The van der Waals surface area contributed by atoms with Gasteiger partial charge in [-0.1, -0.05) is 31.2 Å². The molecule has 1 fully saturated rings. The van der Waals surface area contributed by atoms with Crippen molar-refractivity contribution in [3.63, 3.8) is 0 Å². The predicted molar refractivity (Wildman–Crippen MR) is 68.3 cm³/mol. The number of carbonyl (C=O) groups is 2. The Kier molecular flexibility index (Phi) is 3.48. The average Bonchev–Trinajstić information content (AvgIpc) is 2.71. The summed E-state index contributed by atoms with van der Waals surface area (Å²) < 4.78 is 5.02. The largest absolute Gasteiger partial charge is 0.447 e. The van der Waals surface area contributed by atoms with Gasteiger partial charge >= 0.3 is 6.09 Å². The maximum atomic E-state index is 12.0. The Morgan fingerprint density at radius 1 is 1.61 bits per heavy atom. The van der Waals surface area contributed by atoms with Crippen molar-refractivity contribution in [3.8, 4) is 0 Å². The van der Waals surface area contributed by atoms with Crippen LogP contribution in [0, 0.1) is 5.41 Å². The number of amides is 2. The highest BCUT2D eigenvalue weighted by atomic mass is 35.5. The van der Waals surface area contributed by atoms with Crippen molar-refractivity contribution in [2.75, 3.05) is 6.61 Å². The molecule has 98 valence electrons. The predicted octanol–water partition coefficient (Wildman–Crippen LogP) is 2.48. The monoisotopic (exact) mass is 269 g/mol. The van der Waals surface area contributed by atoms with Gasteiger partial charge in [0.2, 0.25) is 5.91 Å². The standard InChI is InChI=1S/C13H16ClNO3/c1-9(14)11(16)15-10(8-18-12(15)17)13(2)6-4-3-5-7-13/h3-6,9-10H,7-8H2,1-2H3. The number of rotatable bonds is 2. The molecule has 0 aromatic heterocycles. The third-order valence-electron chi connectivity index (χ3n) is 3.49. The second kappa shape index (κ2) is 4.76. The van der Waals surface area contributed by atoms with Crippen LogP contribution in [0.4, 0.5) is 4.79 Å². The Hall–Kier alpha value is -1.29. The summed E-state index contributed by atoms with van der Waals surface area (Å²) in [5, 5.41) is -0.732. The summed E-state index contributed by atoms with van der Waals surface area (Å²) in [6.45, 7) is 3.80. The van der Waals surface area contributed by atoms with Crippen molar-refractivity contribution < 1.29 is 14.3 Å². The number of nitrogens with zero attached hydrogens (tertiary/aromatic N) is 1. The fourth-order valence-corrected chi connectivity index (χ4v) is 2.44. The number of hydrogen-bond donors (Lipinski definition) is 0. The second-order valence-electron chi connectivity index (χ2n) is 4.91. The fourth-order valence-electron chi connectivity index (χ4n) is 2.33. The van der Waals surface area contributed by atoms with Gasteiger partial charge in [0.25, 0.3) is 0 Å². The molecule has 0 aromatic rings. The Balaban J connectivity index is 2.27. The van der Waals surface area contributed by atoms with E-state index >= 15 is 0 Å². The van der Waals surface area contributed by atoms with Gasteiger partial charge < -0.3 is 4.74 Å². The molecule has 0 N–H and O–H groups in total. The first kappa shape index (κ1) is 13.1. The molecule has 3 atom stereocenters. The zero-order chi connectivity index (χ0) is 13.3. The highest BCUT2D eigenvalue weighted by Crippen LogP contribution is 2.37. The number of imide groups is 1. The molecule has 1 aliphatic heterocycles. The van der Waals surface area contributed by atoms with E-state index in [0.717, 1.165) is 6.42 Å². The van der Waals surface area contributed by atoms with E-state index in [1.807, 2.05) is 31.2 Å². The molecular formula is C13H16ClNO3. The fraction of sp³-hybridized carbons (Fsp3) is 0.538. The zero-order valence-electron chi connectivity index (χ0n) is 10.4. The van der Waals surface area contributed by atoms with Gasteiger partial charge in [0.1, 0.15) is 12.0 Å². The van der Waals surface area contributed by atoms with E-state index in [0.29, 0.717) is 0 Å². The van der Waals surface area contributed by atoms with Crippen LogP contribution in [0.5, 0.6) is 0 Å². The van der Waals surface area contributed by atoms with E-state index < -0.39 is 17.4 Å². The molecule has 2 aliphatic rings. The molecule has 2 rings (SSSR count). The van der Waals surface area contributed by atoms with Crippen molar-refractivity contribution in [2.24, 2.45) is 5.41 Å². The SMILES string of the molecule is CC(Cl)C(=O)N1C(=O)OCC1C1(C)C=CC=CC1. The molecule has 0 aromatic carbocycles. The first-order valence-electron chi connectivity index (χ1n) is 5.94. The lowest BCUT2D eigenvalue weighted by Crippen LogP contribution is -2.49. The normalized spacial score (nSPS) is 32.5. The maximum Gasteiger partial charge on any atom is 0.417 e. The van der Waals surface area contributed by atoms with Gasteiger partial charge in [-0.15, -0.1) is 11.6 Å². The van der Waals surface area contributed by atoms with Gasteiger partial charge in [-0.2, -0.15) is 0 Å². The molecule has 1 aliphatic carbocycles. The average molecular weight is 270 g/mol. The van der Waals surface area contributed by atoms with Crippen LogP contribution in [-0.2, 0) is 9.53 Å². The van der Waals surface area contributed by atoms with Crippen LogP contribution >= 0.6 is 11.6 Å². The molecule has 18 heavy (non-hydrogen) atoms. The van der Waals surface area contributed by atoms with Gasteiger partial charge in [0.15, 0.2) is 0 Å². The van der Waals surface area contributed by atoms with Crippen LogP contribution < -0.4 is 0 Å². The van der Waals surface area contributed by atoms with Crippen LogP contribution in [0.3, 0.4) is 0 Å². The van der Waals surface area contributed by atoms with Crippen LogP contribution in [0.2, 0.25) is 0 Å². The van der Waals surface area contributed by atoms with Crippen LogP contribution in [0.1, 0.15) is 20.3 Å².